The maximum atomic E-state index is 10.9. The van der Waals surface area contributed by atoms with E-state index in [4.69, 9.17) is 18.9 Å². The van der Waals surface area contributed by atoms with Crippen LogP contribution < -0.4 is 9.47 Å². The highest BCUT2D eigenvalue weighted by molar-refractivity contribution is 5.58. The van der Waals surface area contributed by atoms with Gasteiger partial charge < -0.3 is 19.0 Å². The Bertz CT molecular complexity index is 1060. The zero-order valence-electron chi connectivity index (χ0n) is 17.3. The van der Waals surface area contributed by atoms with Crippen molar-refractivity contribution in [2.75, 3.05) is 19.9 Å². The van der Waals surface area contributed by atoms with E-state index in [0.717, 1.165) is 52.6 Å². The number of aliphatic hydroxyl groups is 1. The highest BCUT2D eigenvalue weighted by atomic mass is 16.7. The molecule has 0 radical (unpaired) electrons. The molecule has 2 atom stereocenters. The summed E-state index contributed by atoms with van der Waals surface area (Å²) in [5.74, 6) is 3.13. The average Bonchev–Trinajstić information content (AvgIpc) is 3.34. The van der Waals surface area contributed by atoms with E-state index in [1.54, 1.807) is 0 Å². The Balaban J connectivity index is 1.27. The lowest BCUT2D eigenvalue weighted by molar-refractivity contribution is 0.0469. The number of β-amino-alcohol motifs (C(OH)–C–C–N with tert-alkyl or cyclic N) is 1. The first-order valence-corrected chi connectivity index (χ1v) is 10.4. The van der Waals surface area contributed by atoms with Gasteiger partial charge in [0.1, 0.15) is 5.76 Å². The first-order valence-electron chi connectivity index (χ1n) is 10.4. The van der Waals surface area contributed by atoms with E-state index < -0.39 is 6.10 Å². The van der Waals surface area contributed by atoms with Crippen molar-refractivity contribution in [3.63, 3.8) is 0 Å². The average molecular weight is 406 g/mol. The molecule has 1 N–H and O–H groups in total. The summed E-state index contributed by atoms with van der Waals surface area (Å²) in [5, 5.41) is 10.9. The van der Waals surface area contributed by atoms with E-state index in [0.29, 0.717) is 19.0 Å². The molecule has 2 aliphatic heterocycles. The highest BCUT2D eigenvalue weighted by Crippen LogP contribution is 2.38. The highest BCUT2D eigenvalue weighted by Gasteiger charge is 2.31. The fraction of sp³-hybridized carbons (Fsp3) is 0.375. The predicted octanol–water partition coefficient (Wildman–Crippen LogP) is 4.04. The molecule has 30 heavy (non-hydrogen) atoms. The molecule has 3 aromatic rings. The van der Waals surface area contributed by atoms with Crippen LogP contribution in [0.2, 0.25) is 0 Å². The van der Waals surface area contributed by atoms with Gasteiger partial charge in [-0.25, -0.2) is 4.98 Å². The monoisotopic (exact) mass is 406 g/mol. The number of piperidine rings is 1. The molecule has 0 unspecified atom stereocenters. The minimum atomic E-state index is -0.442. The van der Waals surface area contributed by atoms with E-state index in [1.807, 2.05) is 43.3 Å². The van der Waals surface area contributed by atoms with Gasteiger partial charge in [-0.15, -0.1) is 0 Å². The molecule has 1 fully saturated rings. The van der Waals surface area contributed by atoms with Crippen molar-refractivity contribution in [1.29, 1.82) is 0 Å². The summed E-state index contributed by atoms with van der Waals surface area (Å²) in [4.78, 5) is 7.01. The lowest BCUT2D eigenvalue weighted by atomic mass is 9.87. The number of aromatic nitrogens is 1. The van der Waals surface area contributed by atoms with Gasteiger partial charge >= 0.3 is 0 Å². The van der Waals surface area contributed by atoms with Crippen LogP contribution in [0.15, 0.2) is 46.9 Å². The van der Waals surface area contributed by atoms with Crippen molar-refractivity contribution in [1.82, 2.24) is 9.88 Å². The van der Waals surface area contributed by atoms with Gasteiger partial charge in [-0.3, -0.25) is 4.90 Å². The maximum Gasteiger partial charge on any atom is 0.231 e. The Hall–Kier alpha value is -2.83. The Kier molecular flexibility index (Phi) is 4.97. The molecule has 156 valence electrons. The lowest BCUT2D eigenvalue weighted by Gasteiger charge is -2.35. The molecule has 0 aliphatic carbocycles. The number of fused-ring (bicyclic) bond motifs is 1. The number of likely N-dealkylation sites (tertiary alicyclic amines) is 1. The van der Waals surface area contributed by atoms with E-state index >= 15 is 0 Å². The molecule has 2 aromatic carbocycles. The van der Waals surface area contributed by atoms with Crippen molar-refractivity contribution in [3.05, 3.63) is 65.0 Å². The van der Waals surface area contributed by atoms with Crippen LogP contribution in [0.25, 0.3) is 11.5 Å². The van der Waals surface area contributed by atoms with E-state index in [9.17, 15) is 5.11 Å². The summed E-state index contributed by atoms with van der Waals surface area (Å²) >= 11 is 0. The standard InChI is InChI=1S/C24H26N2O4/c1-15-5-3-4-6-18(15)24-25-20(16(2)30-24)12-26-10-9-19(21(27)13-26)17-7-8-22-23(11-17)29-14-28-22/h3-8,11,19,21,27H,9-10,12-14H2,1-2H3/t19-,21+/m0/s1. The number of aliphatic hydroxyl groups excluding tert-OH is 1. The molecule has 5 rings (SSSR count). The zero-order chi connectivity index (χ0) is 20.7. The van der Waals surface area contributed by atoms with Crippen molar-refractivity contribution in [2.45, 2.75) is 38.8 Å². The second-order valence-electron chi connectivity index (χ2n) is 8.15. The van der Waals surface area contributed by atoms with Crippen LogP contribution in [-0.2, 0) is 6.54 Å². The first-order chi connectivity index (χ1) is 14.6. The third kappa shape index (κ3) is 3.57. The first kappa shape index (κ1) is 19.2. The third-order valence-electron chi connectivity index (χ3n) is 6.13. The molecule has 0 bridgehead atoms. The second-order valence-corrected chi connectivity index (χ2v) is 8.15. The Morgan fingerprint density at radius 2 is 1.93 bits per heavy atom. The second kappa shape index (κ2) is 7.78. The van der Waals surface area contributed by atoms with Gasteiger partial charge in [0, 0.05) is 24.6 Å². The number of oxazole rings is 1. The number of aryl methyl sites for hydroxylation is 2. The smallest absolute Gasteiger partial charge is 0.231 e. The van der Waals surface area contributed by atoms with Gasteiger partial charge in [0.25, 0.3) is 0 Å². The van der Waals surface area contributed by atoms with Crippen LogP contribution in [0.1, 0.15) is 34.9 Å². The topological polar surface area (TPSA) is 68.0 Å². The molecule has 6 heteroatoms. The fourth-order valence-corrected chi connectivity index (χ4v) is 4.39. The predicted molar refractivity (Wildman–Crippen MR) is 113 cm³/mol. The summed E-state index contributed by atoms with van der Waals surface area (Å²) in [5.41, 5.74) is 4.20. The Labute approximate surface area is 176 Å². The maximum absolute atomic E-state index is 10.9. The zero-order valence-corrected chi connectivity index (χ0v) is 17.3. The number of rotatable bonds is 4. The molecule has 1 saturated heterocycles. The number of hydrogen-bond acceptors (Lipinski definition) is 6. The van der Waals surface area contributed by atoms with Crippen molar-refractivity contribution >= 4 is 0 Å². The van der Waals surface area contributed by atoms with Crippen LogP contribution in [0.4, 0.5) is 0 Å². The third-order valence-corrected chi connectivity index (χ3v) is 6.13. The van der Waals surface area contributed by atoms with Crippen LogP contribution in [0.5, 0.6) is 11.5 Å². The minimum Gasteiger partial charge on any atom is -0.454 e. The number of benzene rings is 2. The van der Waals surface area contributed by atoms with Crippen molar-refractivity contribution in [3.8, 4) is 23.0 Å². The van der Waals surface area contributed by atoms with Gasteiger partial charge in [-0.2, -0.15) is 0 Å². The molecular weight excluding hydrogens is 380 g/mol. The normalized spacial score (nSPS) is 21.2. The van der Waals surface area contributed by atoms with Crippen LogP contribution >= 0.6 is 0 Å². The largest absolute Gasteiger partial charge is 0.454 e. The number of nitrogens with zero attached hydrogens (tertiary/aromatic N) is 2. The Morgan fingerprint density at radius 3 is 2.77 bits per heavy atom. The quantitative estimate of drug-likeness (QED) is 0.705. The van der Waals surface area contributed by atoms with Crippen LogP contribution in [0, 0.1) is 13.8 Å². The molecule has 2 aliphatic rings. The van der Waals surface area contributed by atoms with Gasteiger partial charge in [0.2, 0.25) is 12.7 Å². The van der Waals surface area contributed by atoms with Crippen LogP contribution in [0.3, 0.4) is 0 Å². The molecule has 0 spiro atoms. The van der Waals surface area contributed by atoms with E-state index in [1.165, 1.54) is 0 Å². The summed E-state index contributed by atoms with van der Waals surface area (Å²) in [6.45, 7) is 6.45. The van der Waals surface area contributed by atoms with E-state index in [-0.39, 0.29) is 12.7 Å². The molecule has 0 saturated carbocycles. The molecule has 6 nitrogen and oxygen atoms in total. The van der Waals surface area contributed by atoms with Crippen molar-refractivity contribution in [2.24, 2.45) is 0 Å². The van der Waals surface area contributed by atoms with E-state index in [2.05, 4.69) is 17.9 Å². The van der Waals surface area contributed by atoms with Crippen molar-refractivity contribution < 1.29 is 19.0 Å². The minimum absolute atomic E-state index is 0.0942. The summed E-state index contributed by atoms with van der Waals surface area (Å²) < 4.78 is 16.8. The lowest BCUT2D eigenvalue weighted by Crippen LogP contribution is -2.42. The van der Waals surface area contributed by atoms with Crippen LogP contribution in [-0.4, -0.2) is 41.0 Å². The summed E-state index contributed by atoms with van der Waals surface area (Å²) in [6, 6.07) is 14.1. The molecule has 1 aromatic heterocycles. The molecular formula is C24H26N2O4. The van der Waals surface area contributed by atoms with Gasteiger partial charge in [0.15, 0.2) is 11.5 Å². The number of hydrogen-bond donors (Lipinski definition) is 1. The molecule has 0 amide bonds. The SMILES string of the molecule is Cc1ccccc1-c1nc(CN2CC[C@@H](c3ccc4c(c3)OCO4)[C@H](O)C2)c(C)o1. The Morgan fingerprint density at radius 1 is 1.10 bits per heavy atom. The van der Waals surface area contributed by atoms with Gasteiger partial charge in [-0.05, 0) is 56.1 Å². The van der Waals surface area contributed by atoms with Gasteiger partial charge in [-0.1, -0.05) is 24.3 Å². The summed E-state index contributed by atoms with van der Waals surface area (Å²) in [6.07, 6.45) is 0.435. The molecule has 3 heterocycles. The number of ether oxygens (including phenoxy) is 2. The van der Waals surface area contributed by atoms with Gasteiger partial charge in [0.05, 0.1) is 11.8 Å². The summed E-state index contributed by atoms with van der Waals surface area (Å²) in [7, 11) is 0. The fourth-order valence-electron chi connectivity index (χ4n) is 4.39.